The molecule has 0 aliphatic carbocycles. The minimum absolute atomic E-state index is 0.0779. The van der Waals surface area contributed by atoms with Crippen molar-refractivity contribution in [2.45, 2.75) is 12.4 Å². The second-order valence-corrected chi connectivity index (χ2v) is 6.67. The molecule has 0 heterocycles. The number of rotatable bonds is 1. The molecule has 13 heteroatoms. The Balaban J connectivity index is 0.000000383. The minimum atomic E-state index is -5.08. The highest BCUT2D eigenvalue weighted by molar-refractivity contribution is 5.99. The Kier molecular flexibility index (Phi) is 9.86. The fourth-order valence-corrected chi connectivity index (χ4v) is 2.20. The van der Waals surface area contributed by atoms with Crippen molar-refractivity contribution in [3.8, 4) is 11.8 Å². The van der Waals surface area contributed by atoms with E-state index in [0.717, 1.165) is 33.2 Å². The smallest absolute Gasteiger partial charge is 0.475 e. The lowest BCUT2D eigenvalue weighted by atomic mass is 10.0. The Labute approximate surface area is 199 Å². The highest BCUT2D eigenvalue weighted by atomic mass is 19.4. The molecule has 0 atom stereocenters. The maximum atomic E-state index is 10.6. The summed E-state index contributed by atoms with van der Waals surface area (Å²) in [6.07, 6.45) is -10.2. The molecule has 190 valence electrons. The number of carboxylic acid groups (broad SMARTS) is 2. The van der Waals surface area contributed by atoms with Gasteiger partial charge in [-0.25, -0.2) is 9.59 Å². The van der Waals surface area contributed by atoms with Gasteiger partial charge in [0.05, 0.1) is 0 Å². The van der Waals surface area contributed by atoms with Gasteiger partial charge in [-0.1, -0.05) is 30.0 Å². The Morgan fingerprint density at radius 1 is 0.722 bits per heavy atom. The van der Waals surface area contributed by atoms with E-state index in [-0.39, 0.29) is 5.84 Å². The number of hydrogen-bond acceptors (Lipinski definition) is 4. The molecule has 7 nitrogen and oxygen atoms in total. The summed E-state index contributed by atoms with van der Waals surface area (Å²) in [5.74, 6) is 0.839. The third-order valence-electron chi connectivity index (χ3n) is 3.90. The van der Waals surface area contributed by atoms with Gasteiger partial charge in [0.2, 0.25) is 0 Å². The standard InChI is InChI=1S/C19H15N3.2C2HF3O2/c20-18-9-4-13(5-10-18)1-2-14-3-6-16-12-17(19(21)22)8-7-15(16)11-14;2*3-2(4,5)1(6)7/h3-12H,20H2,(H3,21,22);2*(H,6,7). The third-order valence-corrected chi connectivity index (χ3v) is 3.90. The topological polar surface area (TPSA) is 150 Å². The average Bonchev–Trinajstić information content (AvgIpc) is 2.77. The number of anilines is 1. The predicted octanol–water partition coefficient (Wildman–Crippen LogP) is 4.37. The SMILES string of the molecule is N=C(N)c1ccc2cc(C#Cc3ccc(N)cc3)ccc2c1.O=C(O)C(F)(F)F.O=C(O)C(F)(F)F. The summed E-state index contributed by atoms with van der Waals surface area (Å²) in [7, 11) is 0. The molecule has 0 aliphatic rings. The molecule has 0 radical (unpaired) electrons. The summed E-state index contributed by atoms with van der Waals surface area (Å²) in [5, 5.41) is 23.9. The van der Waals surface area contributed by atoms with Crippen LogP contribution in [0.25, 0.3) is 10.8 Å². The summed E-state index contributed by atoms with van der Waals surface area (Å²) in [6, 6.07) is 19.2. The molecule has 0 unspecified atom stereocenters. The lowest BCUT2D eigenvalue weighted by Gasteiger charge is -2.02. The molecule has 7 N–H and O–H groups in total. The minimum Gasteiger partial charge on any atom is -0.475 e. The van der Waals surface area contributed by atoms with Crippen LogP contribution in [0.3, 0.4) is 0 Å². The van der Waals surface area contributed by atoms with Crippen molar-refractivity contribution < 1.29 is 46.1 Å². The first-order valence-corrected chi connectivity index (χ1v) is 9.36. The number of alkyl halides is 6. The summed E-state index contributed by atoms with van der Waals surface area (Å²) in [5.41, 5.74) is 14.5. The third kappa shape index (κ3) is 10.0. The summed E-state index contributed by atoms with van der Waals surface area (Å²) in [4.78, 5) is 17.8. The van der Waals surface area contributed by atoms with Gasteiger partial charge in [-0.2, -0.15) is 26.3 Å². The van der Waals surface area contributed by atoms with Crippen LogP contribution in [0.5, 0.6) is 0 Å². The van der Waals surface area contributed by atoms with Gasteiger partial charge in [0.25, 0.3) is 0 Å². The van der Waals surface area contributed by atoms with Gasteiger partial charge in [-0.15, -0.1) is 0 Å². The molecule has 3 aromatic carbocycles. The van der Waals surface area contributed by atoms with E-state index in [1.807, 2.05) is 60.7 Å². The van der Waals surface area contributed by atoms with Crippen LogP contribution >= 0.6 is 0 Å². The lowest BCUT2D eigenvalue weighted by Crippen LogP contribution is -2.21. The molecule has 3 rings (SSSR count). The van der Waals surface area contributed by atoms with E-state index in [1.165, 1.54) is 0 Å². The van der Waals surface area contributed by atoms with Gasteiger partial charge in [-0.3, -0.25) is 5.41 Å². The van der Waals surface area contributed by atoms with Crippen LogP contribution in [0.4, 0.5) is 32.0 Å². The van der Waals surface area contributed by atoms with E-state index in [9.17, 15) is 26.3 Å². The molecule has 0 aliphatic heterocycles. The molecular weight excluding hydrogens is 496 g/mol. The van der Waals surface area contributed by atoms with Crippen molar-refractivity contribution in [3.05, 3.63) is 77.4 Å². The van der Waals surface area contributed by atoms with Crippen molar-refractivity contribution in [2.24, 2.45) is 5.73 Å². The second kappa shape index (κ2) is 12.1. The highest BCUT2D eigenvalue weighted by Gasteiger charge is 2.38. The number of nitrogen functional groups attached to an aromatic ring is 2. The summed E-state index contributed by atoms with van der Waals surface area (Å²) < 4.78 is 63.5. The molecule has 0 amide bonds. The van der Waals surface area contributed by atoms with Gasteiger partial charge in [0, 0.05) is 22.4 Å². The van der Waals surface area contributed by atoms with E-state index >= 15 is 0 Å². The highest BCUT2D eigenvalue weighted by Crippen LogP contribution is 2.18. The normalized spacial score (nSPS) is 10.5. The molecule has 36 heavy (non-hydrogen) atoms. The number of nitrogens with two attached hydrogens (primary N) is 2. The van der Waals surface area contributed by atoms with Crippen LogP contribution in [0.1, 0.15) is 16.7 Å². The number of amidine groups is 1. The van der Waals surface area contributed by atoms with E-state index < -0.39 is 24.3 Å². The number of aliphatic carboxylic acids is 2. The Hall–Kier alpha value is -4.73. The molecule has 0 aromatic heterocycles. The zero-order valence-electron chi connectivity index (χ0n) is 17.9. The summed E-state index contributed by atoms with van der Waals surface area (Å²) in [6.45, 7) is 0. The second-order valence-electron chi connectivity index (χ2n) is 6.67. The maximum Gasteiger partial charge on any atom is 0.490 e. The monoisotopic (exact) mass is 513 g/mol. The quantitative estimate of drug-likeness (QED) is 0.107. The van der Waals surface area contributed by atoms with Crippen molar-refractivity contribution in [1.29, 1.82) is 5.41 Å². The van der Waals surface area contributed by atoms with Gasteiger partial charge in [0.1, 0.15) is 5.84 Å². The number of benzene rings is 3. The van der Waals surface area contributed by atoms with Gasteiger partial charge in [-0.05, 0) is 53.2 Å². The molecule has 0 bridgehead atoms. The van der Waals surface area contributed by atoms with Gasteiger partial charge in [0.15, 0.2) is 0 Å². The number of carboxylic acids is 2. The zero-order valence-corrected chi connectivity index (χ0v) is 17.9. The fourth-order valence-electron chi connectivity index (χ4n) is 2.20. The molecule has 0 spiro atoms. The van der Waals surface area contributed by atoms with E-state index in [2.05, 4.69) is 11.8 Å². The maximum absolute atomic E-state index is 10.6. The number of carbonyl (C=O) groups is 2. The average molecular weight is 513 g/mol. The number of fused-ring (bicyclic) bond motifs is 1. The number of hydrogen-bond donors (Lipinski definition) is 5. The molecule has 0 fully saturated rings. The Bertz CT molecular complexity index is 1280. The largest absolute Gasteiger partial charge is 0.490 e. The molecular formula is C23H17F6N3O4. The number of halogens is 6. The van der Waals surface area contributed by atoms with Crippen LogP contribution in [0, 0.1) is 17.3 Å². The van der Waals surface area contributed by atoms with Crippen molar-refractivity contribution >= 4 is 34.2 Å². The fraction of sp³-hybridized carbons (Fsp3) is 0.0870. The van der Waals surface area contributed by atoms with E-state index in [0.29, 0.717) is 0 Å². The number of nitrogens with one attached hydrogen (secondary N) is 1. The van der Waals surface area contributed by atoms with Crippen LogP contribution in [-0.4, -0.2) is 40.3 Å². The molecule has 3 aromatic rings. The van der Waals surface area contributed by atoms with Crippen LogP contribution in [-0.2, 0) is 9.59 Å². The first-order chi connectivity index (χ1) is 16.5. The van der Waals surface area contributed by atoms with Crippen LogP contribution < -0.4 is 11.5 Å². The van der Waals surface area contributed by atoms with Crippen LogP contribution in [0.2, 0.25) is 0 Å². The van der Waals surface area contributed by atoms with E-state index in [1.54, 1.807) is 0 Å². The molecule has 0 saturated carbocycles. The van der Waals surface area contributed by atoms with Crippen molar-refractivity contribution in [2.75, 3.05) is 5.73 Å². The van der Waals surface area contributed by atoms with Crippen LogP contribution in [0.15, 0.2) is 60.7 Å². The van der Waals surface area contributed by atoms with Crippen molar-refractivity contribution in [3.63, 3.8) is 0 Å². The Morgan fingerprint density at radius 3 is 1.56 bits per heavy atom. The van der Waals surface area contributed by atoms with Gasteiger partial charge >= 0.3 is 24.3 Å². The van der Waals surface area contributed by atoms with Crippen molar-refractivity contribution in [1.82, 2.24) is 0 Å². The predicted molar refractivity (Wildman–Crippen MR) is 119 cm³/mol. The lowest BCUT2D eigenvalue weighted by molar-refractivity contribution is -0.193. The molecule has 0 saturated heterocycles. The first kappa shape index (κ1) is 29.3. The zero-order chi connectivity index (χ0) is 27.7. The Morgan fingerprint density at radius 2 is 1.11 bits per heavy atom. The first-order valence-electron chi connectivity index (χ1n) is 9.36. The summed E-state index contributed by atoms with van der Waals surface area (Å²) >= 11 is 0. The van der Waals surface area contributed by atoms with Gasteiger partial charge < -0.3 is 21.7 Å². The van der Waals surface area contributed by atoms with E-state index in [4.69, 9.17) is 36.7 Å².